The summed E-state index contributed by atoms with van der Waals surface area (Å²) in [7, 11) is 0. The number of rotatable bonds is 6. The molecule has 25 heavy (non-hydrogen) atoms. The summed E-state index contributed by atoms with van der Waals surface area (Å²) >= 11 is 0. The lowest BCUT2D eigenvalue weighted by Gasteiger charge is -2.35. The van der Waals surface area contributed by atoms with E-state index in [0.717, 1.165) is 37.8 Å². The van der Waals surface area contributed by atoms with Crippen LogP contribution in [0.15, 0.2) is 24.8 Å². The van der Waals surface area contributed by atoms with Gasteiger partial charge < -0.3 is 14.7 Å². The third kappa shape index (κ3) is 4.04. The molecule has 0 atom stereocenters. The Labute approximate surface area is 147 Å². The number of amides is 1. The van der Waals surface area contributed by atoms with Crippen LogP contribution in [0.25, 0.3) is 0 Å². The van der Waals surface area contributed by atoms with Gasteiger partial charge in [-0.25, -0.2) is 9.67 Å². The third-order valence-electron chi connectivity index (χ3n) is 4.44. The summed E-state index contributed by atoms with van der Waals surface area (Å²) in [5.74, 6) is 1.82. The zero-order chi connectivity index (χ0) is 17.6. The molecule has 0 saturated carbocycles. The van der Waals surface area contributed by atoms with Gasteiger partial charge in [0.25, 0.3) is 0 Å². The van der Waals surface area contributed by atoms with Crippen LogP contribution in [0.5, 0.6) is 0 Å². The minimum absolute atomic E-state index is 0.0631. The van der Waals surface area contributed by atoms with Crippen molar-refractivity contribution < 1.29 is 4.79 Å². The Balaban J connectivity index is 1.54. The summed E-state index contributed by atoms with van der Waals surface area (Å²) in [6.45, 7) is 9.13. The van der Waals surface area contributed by atoms with E-state index >= 15 is 0 Å². The zero-order valence-electron chi connectivity index (χ0n) is 14.7. The van der Waals surface area contributed by atoms with Crippen LogP contribution in [0.4, 0.5) is 11.6 Å². The normalized spacial score (nSPS) is 14.6. The van der Waals surface area contributed by atoms with Crippen LogP contribution >= 0.6 is 0 Å². The van der Waals surface area contributed by atoms with Gasteiger partial charge in [-0.05, 0) is 26.0 Å². The number of hydrogen-bond donors (Lipinski definition) is 0. The molecule has 2 aromatic rings. The summed E-state index contributed by atoms with van der Waals surface area (Å²) in [4.78, 5) is 22.3. The highest BCUT2D eigenvalue weighted by Crippen LogP contribution is 2.16. The van der Waals surface area contributed by atoms with E-state index < -0.39 is 0 Å². The zero-order valence-corrected chi connectivity index (χ0v) is 14.7. The number of carbonyl (C=O) groups is 1. The molecule has 1 aliphatic rings. The largest absolute Gasteiger partial charge is 0.356 e. The molecule has 3 rings (SSSR count). The van der Waals surface area contributed by atoms with E-state index in [2.05, 4.69) is 43.9 Å². The average molecular weight is 344 g/mol. The summed E-state index contributed by atoms with van der Waals surface area (Å²) in [5.41, 5.74) is 0. The molecule has 0 radical (unpaired) electrons. The Morgan fingerprint density at radius 3 is 2.44 bits per heavy atom. The highest BCUT2D eigenvalue weighted by molar-refractivity contribution is 5.76. The van der Waals surface area contributed by atoms with Crippen LogP contribution < -0.4 is 9.80 Å². The molecule has 3 heterocycles. The summed E-state index contributed by atoms with van der Waals surface area (Å²) in [5, 5.41) is 12.7. The van der Waals surface area contributed by atoms with E-state index in [9.17, 15) is 4.79 Å². The molecule has 0 bridgehead atoms. The highest BCUT2D eigenvalue weighted by Gasteiger charge is 2.22. The molecule has 0 spiro atoms. The lowest BCUT2D eigenvalue weighted by atomic mass is 10.3. The molecule has 9 heteroatoms. The summed E-state index contributed by atoms with van der Waals surface area (Å²) in [6.07, 6.45) is 2.99. The second kappa shape index (κ2) is 7.91. The maximum Gasteiger partial charge on any atom is 0.244 e. The van der Waals surface area contributed by atoms with Crippen LogP contribution in [-0.4, -0.2) is 75.0 Å². The predicted octanol–water partition coefficient (Wildman–Crippen LogP) is 0.263. The standard InChI is InChI=1S/C16H24N8O/c1-3-21(4-2)14-5-6-15(20-19-14)22-7-9-23(10-8-22)16(25)11-24-13-17-12-18-24/h5-6,12-13H,3-4,7-11H2,1-2H3. The first kappa shape index (κ1) is 17.1. The van der Waals surface area contributed by atoms with Gasteiger partial charge in [-0.3, -0.25) is 4.79 Å². The van der Waals surface area contributed by atoms with Gasteiger partial charge in [0.15, 0.2) is 11.6 Å². The SMILES string of the molecule is CCN(CC)c1ccc(N2CCN(C(=O)Cn3cncn3)CC2)nn1. The highest BCUT2D eigenvalue weighted by atomic mass is 16.2. The lowest BCUT2D eigenvalue weighted by molar-refractivity contribution is -0.132. The summed E-state index contributed by atoms with van der Waals surface area (Å²) < 4.78 is 1.55. The minimum atomic E-state index is 0.0631. The van der Waals surface area contributed by atoms with Crippen molar-refractivity contribution in [2.45, 2.75) is 20.4 Å². The average Bonchev–Trinajstić information content (AvgIpc) is 3.16. The molecule has 0 aliphatic carbocycles. The van der Waals surface area contributed by atoms with Crippen LogP contribution in [0.1, 0.15) is 13.8 Å². The van der Waals surface area contributed by atoms with Crippen molar-refractivity contribution in [3.05, 3.63) is 24.8 Å². The monoisotopic (exact) mass is 344 g/mol. The molecule has 1 fully saturated rings. The number of aromatic nitrogens is 5. The molecule has 2 aromatic heterocycles. The molecule has 134 valence electrons. The first-order valence-corrected chi connectivity index (χ1v) is 8.65. The van der Waals surface area contributed by atoms with Gasteiger partial charge in [0.05, 0.1) is 0 Å². The van der Waals surface area contributed by atoms with E-state index in [1.54, 1.807) is 11.0 Å². The maximum absolute atomic E-state index is 12.3. The van der Waals surface area contributed by atoms with Gasteiger partial charge in [0.1, 0.15) is 19.2 Å². The molecule has 1 saturated heterocycles. The van der Waals surface area contributed by atoms with E-state index in [1.165, 1.54) is 6.33 Å². The van der Waals surface area contributed by atoms with Crippen molar-refractivity contribution in [3.63, 3.8) is 0 Å². The number of nitrogens with zero attached hydrogens (tertiary/aromatic N) is 8. The molecular formula is C16H24N8O. The number of piperazine rings is 1. The molecular weight excluding hydrogens is 320 g/mol. The molecule has 0 unspecified atom stereocenters. The fourth-order valence-corrected chi connectivity index (χ4v) is 2.94. The fraction of sp³-hybridized carbons (Fsp3) is 0.562. The van der Waals surface area contributed by atoms with Crippen molar-refractivity contribution in [1.82, 2.24) is 29.9 Å². The first-order valence-electron chi connectivity index (χ1n) is 8.65. The van der Waals surface area contributed by atoms with Gasteiger partial charge in [-0.1, -0.05) is 0 Å². The second-order valence-corrected chi connectivity index (χ2v) is 5.88. The maximum atomic E-state index is 12.3. The van der Waals surface area contributed by atoms with E-state index in [4.69, 9.17) is 0 Å². The van der Waals surface area contributed by atoms with Gasteiger partial charge in [-0.15, -0.1) is 10.2 Å². The molecule has 0 aromatic carbocycles. The van der Waals surface area contributed by atoms with Crippen molar-refractivity contribution in [2.24, 2.45) is 0 Å². The Hall–Kier alpha value is -2.71. The number of carbonyl (C=O) groups excluding carboxylic acids is 1. The van der Waals surface area contributed by atoms with Crippen molar-refractivity contribution >= 4 is 17.5 Å². The quantitative estimate of drug-likeness (QED) is 0.743. The van der Waals surface area contributed by atoms with Crippen molar-refractivity contribution in [2.75, 3.05) is 49.1 Å². The van der Waals surface area contributed by atoms with Gasteiger partial charge in [0.2, 0.25) is 5.91 Å². The molecule has 9 nitrogen and oxygen atoms in total. The fourth-order valence-electron chi connectivity index (χ4n) is 2.94. The molecule has 0 N–H and O–H groups in total. The number of anilines is 2. The Kier molecular flexibility index (Phi) is 5.42. The van der Waals surface area contributed by atoms with Crippen LogP contribution in [-0.2, 0) is 11.3 Å². The Morgan fingerprint density at radius 2 is 1.88 bits per heavy atom. The first-order chi connectivity index (χ1) is 12.2. The van der Waals surface area contributed by atoms with Gasteiger partial charge in [-0.2, -0.15) is 5.10 Å². The summed E-state index contributed by atoms with van der Waals surface area (Å²) in [6, 6.07) is 4.02. The smallest absolute Gasteiger partial charge is 0.244 e. The lowest BCUT2D eigenvalue weighted by Crippen LogP contribution is -2.50. The van der Waals surface area contributed by atoms with E-state index in [0.29, 0.717) is 13.1 Å². The predicted molar refractivity (Wildman–Crippen MR) is 94.4 cm³/mol. The van der Waals surface area contributed by atoms with Crippen LogP contribution in [0, 0.1) is 0 Å². The molecule has 1 amide bonds. The van der Waals surface area contributed by atoms with Crippen LogP contribution in [0.2, 0.25) is 0 Å². The second-order valence-electron chi connectivity index (χ2n) is 5.88. The number of hydrogen-bond acceptors (Lipinski definition) is 7. The van der Waals surface area contributed by atoms with E-state index in [1.807, 2.05) is 17.0 Å². The Morgan fingerprint density at radius 1 is 1.12 bits per heavy atom. The van der Waals surface area contributed by atoms with E-state index in [-0.39, 0.29) is 12.5 Å². The third-order valence-corrected chi connectivity index (χ3v) is 4.44. The van der Waals surface area contributed by atoms with Gasteiger partial charge in [0, 0.05) is 39.3 Å². The Bertz CT molecular complexity index is 660. The minimum Gasteiger partial charge on any atom is -0.356 e. The van der Waals surface area contributed by atoms with Crippen molar-refractivity contribution in [3.8, 4) is 0 Å². The molecule has 1 aliphatic heterocycles. The topological polar surface area (TPSA) is 83.3 Å². The van der Waals surface area contributed by atoms with Crippen LogP contribution in [0.3, 0.4) is 0 Å². The van der Waals surface area contributed by atoms with Crippen molar-refractivity contribution in [1.29, 1.82) is 0 Å². The van der Waals surface area contributed by atoms with Gasteiger partial charge >= 0.3 is 0 Å².